The van der Waals surface area contributed by atoms with Crippen molar-refractivity contribution in [1.82, 2.24) is 0 Å². The van der Waals surface area contributed by atoms with Gasteiger partial charge < -0.3 is 5.11 Å². The van der Waals surface area contributed by atoms with E-state index < -0.39 is 6.10 Å². The summed E-state index contributed by atoms with van der Waals surface area (Å²) >= 11 is 0. The molecule has 0 aliphatic carbocycles. The van der Waals surface area contributed by atoms with E-state index >= 15 is 0 Å². The Morgan fingerprint density at radius 3 is 2.17 bits per heavy atom. The first kappa shape index (κ1) is 12.8. The largest absolute Gasteiger partial charge is 0.388 e. The van der Waals surface area contributed by atoms with E-state index in [4.69, 9.17) is 0 Å². The average Bonchev–Trinajstić information content (AvgIpc) is 2.27. The number of aryl methyl sites for hydroxylation is 3. The Morgan fingerprint density at radius 1 is 0.889 bits per heavy atom. The van der Waals surface area contributed by atoms with E-state index in [1.807, 2.05) is 31.2 Å². The minimum absolute atomic E-state index is 0.425. The van der Waals surface area contributed by atoms with Crippen molar-refractivity contribution in [3.8, 4) is 0 Å². The van der Waals surface area contributed by atoms with Crippen molar-refractivity contribution >= 4 is 0 Å². The number of hydrogen-bond acceptors (Lipinski definition) is 1. The van der Waals surface area contributed by atoms with Crippen LogP contribution in [0, 0.1) is 20.8 Å². The maximum Gasteiger partial charge on any atom is 0.0830 e. The Labute approximate surface area is 109 Å². The van der Waals surface area contributed by atoms with Gasteiger partial charge in [0.1, 0.15) is 0 Å². The molecule has 0 spiro atoms. The monoisotopic (exact) mass is 240 g/mol. The molecule has 0 heterocycles. The van der Waals surface area contributed by atoms with Gasteiger partial charge in [-0.15, -0.1) is 0 Å². The lowest BCUT2D eigenvalue weighted by Crippen LogP contribution is -2.02. The summed E-state index contributed by atoms with van der Waals surface area (Å²) in [6.07, 6.45) is 0.248. The van der Waals surface area contributed by atoms with E-state index in [2.05, 4.69) is 32.0 Å². The minimum Gasteiger partial charge on any atom is -0.388 e. The van der Waals surface area contributed by atoms with Crippen LogP contribution in [-0.2, 0) is 6.42 Å². The van der Waals surface area contributed by atoms with Crippen LogP contribution in [-0.4, -0.2) is 5.11 Å². The number of benzene rings is 2. The molecule has 0 aliphatic rings. The topological polar surface area (TPSA) is 20.2 Å². The number of hydrogen-bond donors (Lipinski definition) is 1. The first-order valence-corrected chi connectivity index (χ1v) is 6.36. The van der Waals surface area contributed by atoms with E-state index in [-0.39, 0.29) is 0 Å². The Bertz CT molecular complexity index is 523. The molecule has 0 aromatic heterocycles. The molecule has 2 aromatic rings. The zero-order valence-electron chi connectivity index (χ0n) is 11.3. The lowest BCUT2D eigenvalue weighted by atomic mass is 9.98. The third-order valence-corrected chi connectivity index (χ3v) is 3.14. The van der Waals surface area contributed by atoms with Gasteiger partial charge in [-0.1, -0.05) is 59.2 Å². The van der Waals surface area contributed by atoms with Gasteiger partial charge in [0.2, 0.25) is 0 Å². The van der Waals surface area contributed by atoms with Gasteiger partial charge >= 0.3 is 0 Å². The van der Waals surface area contributed by atoms with Gasteiger partial charge in [-0.25, -0.2) is 0 Å². The van der Waals surface area contributed by atoms with Gasteiger partial charge in [0.15, 0.2) is 0 Å². The average molecular weight is 240 g/mol. The molecule has 1 atom stereocenters. The number of aliphatic hydroxyl groups excluding tert-OH is 1. The van der Waals surface area contributed by atoms with E-state index in [0.717, 1.165) is 5.56 Å². The standard InChI is InChI=1S/C17H20O/c1-12-5-4-6-16(10-12)17(18)11-15-8-13(2)7-14(3)9-15/h4-10,17-18H,11H2,1-3H3. The zero-order valence-corrected chi connectivity index (χ0v) is 11.3. The molecule has 94 valence electrons. The van der Waals surface area contributed by atoms with E-state index in [9.17, 15) is 5.11 Å². The Morgan fingerprint density at radius 2 is 1.56 bits per heavy atom. The molecule has 0 saturated carbocycles. The van der Waals surface area contributed by atoms with Crippen molar-refractivity contribution < 1.29 is 5.11 Å². The summed E-state index contributed by atoms with van der Waals surface area (Å²) < 4.78 is 0. The minimum atomic E-state index is -0.425. The predicted octanol–water partition coefficient (Wildman–Crippen LogP) is 3.89. The van der Waals surface area contributed by atoms with Gasteiger partial charge in [-0.2, -0.15) is 0 Å². The first-order valence-electron chi connectivity index (χ1n) is 6.36. The van der Waals surface area contributed by atoms with Crippen LogP contribution in [0.4, 0.5) is 0 Å². The summed E-state index contributed by atoms with van der Waals surface area (Å²) in [6.45, 7) is 6.23. The van der Waals surface area contributed by atoms with Gasteiger partial charge in [-0.05, 0) is 31.9 Å². The molecule has 0 radical (unpaired) electrons. The van der Waals surface area contributed by atoms with Crippen LogP contribution in [0.2, 0.25) is 0 Å². The third kappa shape index (κ3) is 3.21. The normalized spacial score (nSPS) is 12.4. The van der Waals surface area contributed by atoms with E-state index in [1.54, 1.807) is 0 Å². The Kier molecular flexibility index (Phi) is 3.83. The number of rotatable bonds is 3. The molecule has 1 nitrogen and oxygen atoms in total. The summed E-state index contributed by atoms with van der Waals surface area (Å²) in [5.41, 5.74) is 5.88. The van der Waals surface area contributed by atoms with Crippen LogP contribution in [0.25, 0.3) is 0 Å². The molecule has 2 rings (SSSR count). The van der Waals surface area contributed by atoms with Crippen LogP contribution < -0.4 is 0 Å². The summed E-state index contributed by atoms with van der Waals surface area (Å²) in [5.74, 6) is 0. The van der Waals surface area contributed by atoms with Crippen molar-refractivity contribution in [3.63, 3.8) is 0 Å². The zero-order chi connectivity index (χ0) is 13.1. The van der Waals surface area contributed by atoms with Gasteiger partial charge in [0.25, 0.3) is 0 Å². The molecule has 0 fully saturated rings. The highest BCUT2D eigenvalue weighted by molar-refractivity contribution is 5.31. The number of aliphatic hydroxyl groups is 1. The fourth-order valence-electron chi connectivity index (χ4n) is 2.41. The highest BCUT2D eigenvalue weighted by atomic mass is 16.3. The van der Waals surface area contributed by atoms with Crippen LogP contribution >= 0.6 is 0 Å². The second kappa shape index (κ2) is 5.36. The van der Waals surface area contributed by atoms with Crippen molar-refractivity contribution in [2.45, 2.75) is 33.3 Å². The fraction of sp³-hybridized carbons (Fsp3) is 0.294. The maximum atomic E-state index is 10.3. The lowest BCUT2D eigenvalue weighted by Gasteiger charge is -2.13. The lowest BCUT2D eigenvalue weighted by molar-refractivity contribution is 0.178. The SMILES string of the molecule is Cc1cc(C)cc(CC(O)c2cccc(C)c2)c1. The molecule has 0 aliphatic heterocycles. The van der Waals surface area contributed by atoms with Crippen molar-refractivity contribution in [2.75, 3.05) is 0 Å². The second-order valence-electron chi connectivity index (χ2n) is 5.13. The van der Waals surface area contributed by atoms with E-state index in [0.29, 0.717) is 6.42 Å². The van der Waals surface area contributed by atoms with Gasteiger partial charge in [-0.3, -0.25) is 0 Å². The molecule has 0 bridgehead atoms. The van der Waals surface area contributed by atoms with E-state index in [1.165, 1.54) is 22.3 Å². The summed E-state index contributed by atoms with van der Waals surface area (Å²) in [7, 11) is 0. The molecular formula is C17H20O. The quantitative estimate of drug-likeness (QED) is 0.863. The predicted molar refractivity (Wildman–Crippen MR) is 75.8 cm³/mol. The molecule has 0 saturated heterocycles. The third-order valence-electron chi connectivity index (χ3n) is 3.14. The second-order valence-corrected chi connectivity index (χ2v) is 5.13. The Hall–Kier alpha value is -1.60. The fourth-order valence-corrected chi connectivity index (χ4v) is 2.41. The van der Waals surface area contributed by atoms with Crippen molar-refractivity contribution in [2.24, 2.45) is 0 Å². The van der Waals surface area contributed by atoms with Crippen LogP contribution in [0.1, 0.15) is 33.9 Å². The van der Waals surface area contributed by atoms with Crippen molar-refractivity contribution in [1.29, 1.82) is 0 Å². The smallest absolute Gasteiger partial charge is 0.0830 e. The van der Waals surface area contributed by atoms with Crippen LogP contribution in [0.15, 0.2) is 42.5 Å². The molecule has 1 unspecified atom stereocenters. The maximum absolute atomic E-state index is 10.3. The highest BCUT2D eigenvalue weighted by Crippen LogP contribution is 2.20. The molecule has 1 N–H and O–H groups in total. The Balaban J connectivity index is 2.18. The summed E-state index contributed by atoms with van der Waals surface area (Å²) in [6, 6.07) is 14.5. The molecule has 18 heavy (non-hydrogen) atoms. The molecular weight excluding hydrogens is 220 g/mol. The first-order chi connectivity index (χ1) is 8.54. The van der Waals surface area contributed by atoms with Gasteiger partial charge in [0, 0.05) is 6.42 Å². The molecule has 0 amide bonds. The van der Waals surface area contributed by atoms with Gasteiger partial charge in [0.05, 0.1) is 6.10 Å². The molecule has 2 aromatic carbocycles. The van der Waals surface area contributed by atoms with Crippen LogP contribution in [0.3, 0.4) is 0 Å². The summed E-state index contributed by atoms with van der Waals surface area (Å²) in [5, 5.41) is 10.3. The summed E-state index contributed by atoms with van der Waals surface area (Å²) in [4.78, 5) is 0. The highest BCUT2D eigenvalue weighted by Gasteiger charge is 2.09. The van der Waals surface area contributed by atoms with Crippen molar-refractivity contribution in [3.05, 3.63) is 70.3 Å². The molecule has 1 heteroatoms. The van der Waals surface area contributed by atoms with Crippen LogP contribution in [0.5, 0.6) is 0 Å².